The van der Waals surface area contributed by atoms with Gasteiger partial charge in [0.2, 0.25) is 5.91 Å². The Kier molecular flexibility index (Phi) is 6.70. The van der Waals surface area contributed by atoms with Crippen LogP contribution < -0.4 is 0 Å². The number of halogens is 1. The summed E-state index contributed by atoms with van der Waals surface area (Å²) >= 11 is 6.18. The lowest BCUT2D eigenvalue weighted by molar-refractivity contribution is -0.130. The van der Waals surface area contributed by atoms with E-state index in [4.69, 9.17) is 11.6 Å². The van der Waals surface area contributed by atoms with Crippen LogP contribution in [0.1, 0.15) is 24.0 Å². The minimum atomic E-state index is 0.200. The third-order valence-corrected chi connectivity index (χ3v) is 5.51. The lowest BCUT2D eigenvalue weighted by Crippen LogP contribution is -2.33. The molecule has 1 unspecified atom stereocenters. The number of rotatable bonds is 7. The maximum absolute atomic E-state index is 12.5. The summed E-state index contributed by atoms with van der Waals surface area (Å²) in [6, 6.07) is 18.4. The number of amides is 1. The average Bonchev–Trinajstić information content (AvgIpc) is 3.08. The van der Waals surface area contributed by atoms with Crippen molar-refractivity contribution in [3.05, 3.63) is 70.7 Å². The monoisotopic (exact) mass is 370 g/mol. The van der Waals surface area contributed by atoms with Crippen LogP contribution in [0.5, 0.6) is 0 Å². The maximum Gasteiger partial charge on any atom is 0.222 e. The largest absolute Gasteiger partial charge is 0.345 e. The third-order valence-electron chi connectivity index (χ3n) is 5.14. The Hall–Kier alpha value is -1.84. The van der Waals surface area contributed by atoms with Gasteiger partial charge in [0.15, 0.2) is 0 Å². The van der Waals surface area contributed by atoms with Gasteiger partial charge >= 0.3 is 0 Å². The Bertz CT molecular complexity index is 719. The van der Waals surface area contributed by atoms with Gasteiger partial charge in [-0.1, -0.05) is 60.1 Å². The second kappa shape index (κ2) is 9.20. The zero-order valence-electron chi connectivity index (χ0n) is 15.4. The highest BCUT2D eigenvalue weighted by atomic mass is 35.5. The summed E-state index contributed by atoms with van der Waals surface area (Å²) in [7, 11) is 1.93. The predicted molar refractivity (Wildman–Crippen MR) is 107 cm³/mol. The normalized spacial score (nSPS) is 17.4. The highest BCUT2D eigenvalue weighted by molar-refractivity contribution is 6.31. The van der Waals surface area contributed by atoms with Crippen molar-refractivity contribution in [1.82, 2.24) is 9.80 Å². The molecule has 1 aliphatic heterocycles. The van der Waals surface area contributed by atoms with Crippen LogP contribution in [0.3, 0.4) is 0 Å². The molecule has 3 rings (SSSR count). The van der Waals surface area contributed by atoms with Gasteiger partial charge in [-0.15, -0.1) is 0 Å². The average molecular weight is 371 g/mol. The molecule has 3 nitrogen and oxygen atoms in total. The molecule has 0 radical (unpaired) electrons. The summed E-state index contributed by atoms with van der Waals surface area (Å²) in [6.07, 6.45) is 2.38. The van der Waals surface area contributed by atoms with Gasteiger partial charge < -0.3 is 4.90 Å². The molecule has 1 aliphatic rings. The SMILES string of the molecule is CN(CC1CCN(Cc2ccccc2)C1)C(=O)CCc1ccccc1Cl. The fraction of sp³-hybridized carbons (Fsp3) is 0.409. The zero-order chi connectivity index (χ0) is 18.4. The van der Waals surface area contributed by atoms with E-state index in [1.54, 1.807) is 0 Å². The van der Waals surface area contributed by atoms with E-state index in [9.17, 15) is 4.79 Å². The molecule has 0 aliphatic carbocycles. The van der Waals surface area contributed by atoms with Crippen molar-refractivity contribution in [3.8, 4) is 0 Å². The summed E-state index contributed by atoms with van der Waals surface area (Å²) in [6.45, 7) is 4.02. The molecule has 1 heterocycles. The number of hydrogen-bond donors (Lipinski definition) is 0. The number of hydrogen-bond acceptors (Lipinski definition) is 2. The number of carbonyl (C=O) groups excluding carboxylic acids is 1. The van der Waals surface area contributed by atoms with Crippen molar-refractivity contribution < 1.29 is 4.79 Å². The number of aryl methyl sites for hydroxylation is 1. The summed E-state index contributed by atoms with van der Waals surface area (Å²) < 4.78 is 0. The first kappa shape index (κ1) is 18.9. The minimum absolute atomic E-state index is 0.200. The van der Waals surface area contributed by atoms with Gasteiger partial charge in [0, 0.05) is 38.1 Å². The van der Waals surface area contributed by atoms with Crippen LogP contribution >= 0.6 is 11.6 Å². The quantitative estimate of drug-likeness (QED) is 0.727. The molecule has 0 saturated carbocycles. The van der Waals surface area contributed by atoms with E-state index in [2.05, 4.69) is 35.2 Å². The van der Waals surface area contributed by atoms with E-state index in [0.29, 0.717) is 18.8 Å². The summed E-state index contributed by atoms with van der Waals surface area (Å²) in [4.78, 5) is 16.8. The van der Waals surface area contributed by atoms with Crippen LogP contribution in [0.4, 0.5) is 0 Å². The van der Waals surface area contributed by atoms with Gasteiger partial charge in [0.25, 0.3) is 0 Å². The number of nitrogens with zero attached hydrogens (tertiary/aromatic N) is 2. The molecule has 1 atom stereocenters. The first-order chi connectivity index (χ1) is 12.6. The van der Waals surface area contributed by atoms with Gasteiger partial charge in [0.1, 0.15) is 0 Å². The molecule has 26 heavy (non-hydrogen) atoms. The highest BCUT2D eigenvalue weighted by Crippen LogP contribution is 2.20. The Morgan fingerprint density at radius 3 is 2.65 bits per heavy atom. The molecule has 1 fully saturated rings. The van der Waals surface area contributed by atoms with Crippen LogP contribution in [-0.4, -0.2) is 42.4 Å². The maximum atomic E-state index is 12.5. The van der Waals surface area contributed by atoms with Crippen LogP contribution in [-0.2, 0) is 17.8 Å². The molecular formula is C22H27ClN2O. The van der Waals surface area contributed by atoms with Crippen LogP contribution in [0, 0.1) is 5.92 Å². The summed E-state index contributed by atoms with van der Waals surface area (Å²) in [5.41, 5.74) is 2.41. The number of likely N-dealkylation sites (tertiary alicyclic amines) is 1. The fourth-order valence-corrected chi connectivity index (χ4v) is 3.90. The topological polar surface area (TPSA) is 23.6 Å². The molecule has 0 spiro atoms. The molecule has 1 amide bonds. The molecule has 1 saturated heterocycles. The van der Waals surface area contributed by atoms with Crippen molar-refractivity contribution >= 4 is 17.5 Å². The van der Waals surface area contributed by atoms with Gasteiger partial charge in [-0.3, -0.25) is 9.69 Å². The van der Waals surface area contributed by atoms with Crippen LogP contribution in [0.2, 0.25) is 5.02 Å². The van der Waals surface area contributed by atoms with Crippen molar-refractivity contribution in [3.63, 3.8) is 0 Å². The molecule has 2 aromatic rings. The van der Waals surface area contributed by atoms with Gasteiger partial charge in [-0.25, -0.2) is 0 Å². The van der Waals surface area contributed by atoms with Crippen molar-refractivity contribution in [2.24, 2.45) is 5.92 Å². The lowest BCUT2D eigenvalue weighted by Gasteiger charge is -2.22. The number of carbonyl (C=O) groups is 1. The fourth-order valence-electron chi connectivity index (χ4n) is 3.67. The minimum Gasteiger partial charge on any atom is -0.345 e. The van der Waals surface area contributed by atoms with Gasteiger partial charge in [-0.05, 0) is 42.5 Å². The predicted octanol–water partition coefficient (Wildman–Crippen LogP) is 4.25. The Morgan fingerprint density at radius 1 is 1.15 bits per heavy atom. The Balaban J connectivity index is 1.42. The second-order valence-electron chi connectivity index (χ2n) is 7.24. The molecule has 4 heteroatoms. The van der Waals surface area contributed by atoms with E-state index in [-0.39, 0.29) is 5.91 Å². The summed E-state index contributed by atoms with van der Waals surface area (Å²) in [5, 5.41) is 0.746. The lowest BCUT2D eigenvalue weighted by atomic mass is 10.1. The molecule has 138 valence electrons. The highest BCUT2D eigenvalue weighted by Gasteiger charge is 2.24. The Morgan fingerprint density at radius 2 is 1.88 bits per heavy atom. The second-order valence-corrected chi connectivity index (χ2v) is 7.65. The zero-order valence-corrected chi connectivity index (χ0v) is 16.2. The summed E-state index contributed by atoms with van der Waals surface area (Å²) in [5.74, 6) is 0.763. The van der Waals surface area contributed by atoms with Crippen LogP contribution in [0.25, 0.3) is 0 Å². The van der Waals surface area contributed by atoms with Gasteiger partial charge in [-0.2, -0.15) is 0 Å². The number of benzene rings is 2. The molecular weight excluding hydrogens is 344 g/mol. The Labute approximate surface area is 161 Å². The van der Waals surface area contributed by atoms with Crippen molar-refractivity contribution in [1.29, 1.82) is 0 Å². The molecule has 0 aromatic heterocycles. The van der Waals surface area contributed by atoms with E-state index < -0.39 is 0 Å². The molecule has 0 bridgehead atoms. The van der Waals surface area contributed by atoms with E-state index in [0.717, 1.165) is 43.2 Å². The van der Waals surface area contributed by atoms with Crippen molar-refractivity contribution in [2.45, 2.75) is 25.8 Å². The first-order valence-corrected chi connectivity index (χ1v) is 9.73. The molecule has 2 aromatic carbocycles. The first-order valence-electron chi connectivity index (χ1n) is 9.35. The molecule has 0 N–H and O–H groups in total. The standard InChI is InChI=1S/C22H27ClN2O/c1-24(22(26)12-11-20-9-5-6-10-21(20)23)15-19-13-14-25(17-19)16-18-7-3-2-4-8-18/h2-10,19H,11-17H2,1H3. The van der Waals surface area contributed by atoms with Gasteiger partial charge in [0.05, 0.1) is 0 Å². The van der Waals surface area contributed by atoms with E-state index in [1.165, 1.54) is 5.56 Å². The van der Waals surface area contributed by atoms with E-state index in [1.807, 2.05) is 36.2 Å². The third kappa shape index (κ3) is 5.33. The van der Waals surface area contributed by atoms with Crippen LogP contribution in [0.15, 0.2) is 54.6 Å². The van der Waals surface area contributed by atoms with E-state index >= 15 is 0 Å². The van der Waals surface area contributed by atoms with Crippen molar-refractivity contribution in [2.75, 3.05) is 26.7 Å². The smallest absolute Gasteiger partial charge is 0.222 e.